The van der Waals surface area contributed by atoms with Crippen LogP contribution in [0.2, 0.25) is 0 Å². The summed E-state index contributed by atoms with van der Waals surface area (Å²) in [4.78, 5) is 22.6. The second-order valence-electron chi connectivity index (χ2n) is 4.04. The number of amides is 1. The highest BCUT2D eigenvalue weighted by Crippen LogP contribution is 2.29. The van der Waals surface area contributed by atoms with E-state index in [2.05, 4.69) is 5.32 Å². The minimum Gasteiger partial charge on any atom is -0.506 e. The van der Waals surface area contributed by atoms with Crippen molar-refractivity contribution in [3.05, 3.63) is 50.2 Å². The molecule has 0 radical (unpaired) electrons. The molecule has 1 aromatic carbocycles. The number of nitro groups is 1. The third kappa shape index (κ3) is 2.77. The number of non-ortho nitro benzene ring substituents is 1. The molecule has 1 heterocycles. The zero-order valence-electron chi connectivity index (χ0n) is 10.6. The average Bonchev–Trinajstić information content (AvgIpc) is 2.89. The Labute approximate surface area is 118 Å². The number of phenolic OH excluding ortho intramolecular Hbond substituents is 1. The first-order valence-corrected chi connectivity index (χ1v) is 6.76. The quantitative estimate of drug-likeness (QED) is 0.514. The molecule has 0 aliphatic heterocycles. The number of carbonyl (C=O) groups is 1. The average molecular weight is 292 g/mol. The van der Waals surface area contributed by atoms with Crippen LogP contribution in [0.15, 0.2) is 29.6 Å². The van der Waals surface area contributed by atoms with E-state index in [0.717, 1.165) is 18.1 Å². The zero-order chi connectivity index (χ0) is 14.7. The predicted molar refractivity (Wildman–Crippen MR) is 76.4 cm³/mol. The second kappa shape index (κ2) is 5.70. The fourth-order valence-electron chi connectivity index (χ4n) is 1.73. The Hall–Kier alpha value is -2.41. The van der Waals surface area contributed by atoms with Crippen LogP contribution in [0.3, 0.4) is 0 Å². The molecule has 0 aliphatic rings. The number of thiophene rings is 1. The Morgan fingerprint density at radius 3 is 2.80 bits per heavy atom. The molecule has 0 fully saturated rings. The number of hydrogen-bond acceptors (Lipinski definition) is 5. The molecule has 20 heavy (non-hydrogen) atoms. The summed E-state index contributed by atoms with van der Waals surface area (Å²) in [6, 6.07) is 5.41. The van der Waals surface area contributed by atoms with Gasteiger partial charge >= 0.3 is 0 Å². The van der Waals surface area contributed by atoms with E-state index in [1.807, 2.05) is 18.4 Å². The summed E-state index contributed by atoms with van der Waals surface area (Å²) < 4.78 is 0. The van der Waals surface area contributed by atoms with E-state index in [1.165, 1.54) is 23.5 Å². The predicted octanol–water partition coefficient (Wildman–Crippen LogP) is 3.18. The van der Waals surface area contributed by atoms with Gasteiger partial charge in [-0.05, 0) is 29.5 Å². The molecule has 1 aromatic heterocycles. The number of anilines is 1. The maximum atomic E-state index is 12.1. The lowest BCUT2D eigenvalue weighted by molar-refractivity contribution is -0.384. The van der Waals surface area contributed by atoms with Gasteiger partial charge in [-0.1, -0.05) is 6.92 Å². The van der Waals surface area contributed by atoms with E-state index in [1.54, 1.807) is 0 Å². The molecule has 6 nitrogen and oxygen atoms in total. The van der Waals surface area contributed by atoms with Crippen molar-refractivity contribution in [3.8, 4) is 5.75 Å². The van der Waals surface area contributed by atoms with Crippen molar-refractivity contribution in [1.29, 1.82) is 0 Å². The summed E-state index contributed by atoms with van der Waals surface area (Å²) in [6.45, 7) is 1.95. The van der Waals surface area contributed by atoms with E-state index < -0.39 is 4.92 Å². The number of aryl methyl sites for hydroxylation is 1. The molecule has 2 rings (SSSR count). The van der Waals surface area contributed by atoms with Crippen molar-refractivity contribution in [3.63, 3.8) is 0 Å². The number of rotatable bonds is 4. The van der Waals surface area contributed by atoms with Crippen LogP contribution in [0.1, 0.15) is 22.2 Å². The molecular formula is C13H12N2O4S. The summed E-state index contributed by atoms with van der Waals surface area (Å²) in [5.41, 5.74) is 0.843. The molecular weight excluding hydrogens is 280 g/mol. The lowest BCUT2D eigenvalue weighted by atomic mass is 10.2. The molecule has 2 N–H and O–H groups in total. The SMILES string of the molecule is CCc1ccsc1C(=O)Nc1ccc([N+](=O)[O-])cc1O. The Bertz CT molecular complexity index is 666. The smallest absolute Gasteiger partial charge is 0.273 e. The third-order valence-electron chi connectivity index (χ3n) is 2.77. The number of carbonyl (C=O) groups excluding carboxylic acids is 1. The minimum atomic E-state index is -0.611. The van der Waals surface area contributed by atoms with Crippen LogP contribution >= 0.6 is 11.3 Å². The number of aromatic hydroxyl groups is 1. The van der Waals surface area contributed by atoms with Crippen molar-refractivity contribution >= 4 is 28.6 Å². The molecule has 2 aromatic rings. The third-order valence-corrected chi connectivity index (χ3v) is 3.73. The number of nitrogens with one attached hydrogen (secondary N) is 1. The van der Waals surface area contributed by atoms with Gasteiger partial charge in [-0.2, -0.15) is 0 Å². The van der Waals surface area contributed by atoms with Crippen LogP contribution in [-0.4, -0.2) is 15.9 Å². The molecule has 0 unspecified atom stereocenters. The fourth-order valence-corrected chi connectivity index (χ4v) is 2.62. The fraction of sp³-hybridized carbons (Fsp3) is 0.154. The van der Waals surface area contributed by atoms with Crippen LogP contribution in [0.5, 0.6) is 5.75 Å². The van der Waals surface area contributed by atoms with Crippen LogP contribution in [0.25, 0.3) is 0 Å². The van der Waals surface area contributed by atoms with Gasteiger partial charge in [0.05, 0.1) is 21.6 Å². The Morgan fingerprint density at radius 2 is 2.20 bits per heavy atom. The number of hydrogen-bond donors (Lipinski definition) is 2. The van der Waals surface area contributed by atoms with Gasteiger partial charge in [0.25, 0.3) is 11.6 Å². The highest BCUT2D eigenvalue weighted by atomic mass is 32.1. The zero-order valence-corrected chi connectivity index (χ0v) is 11.4. The van der Waals surface area contributed by atoms with E-state index in [0.29, 0.717) is 4.88 Å². The van der Waals surface area contributed by atoms with Gasteiger partial charge in [-0.15, -0.1) is 11.3 Å². The van der Waals surface area contributed by atoms with Crippen molar-refractivity contribution in [1.82, 2.24) is 0 Å². The summed E-state index contributed by atoms with van der Waals surface area (Å²) in [5.74, 6) is -0.664. The lowest BCUT2D eigenvalue weighted by Crippen LogP contribution is -2.12. The lowest BCUT2D eigenvalue weighted by Gasteiger charge is -2.07. The highest BCUT2D eigenvalue weighted by molar-refractivity contribution is 7.12. The Kier molecular flexibility index (Phi) is 3.99. The molecule has 104 valence electrons. The first-order chi connectivity index (χ1) is 9.52. The van der Waals surface area contributed by atoms with Crippen molar-refractivity contribution < 1.29 is 14.8 Å². The van der Waals surface area contributed by atoms with Gasteiger partial charge in [-0.3, -0.25) is 14.9 Å². The monoisotopic (exact) mass is 292 g/mol. The van der Waals surface area contributed by atoms with Crippen molar-refractivity contribution in [2.75, 3.05) is 5.32 Å². The topological polar surface area (TPSA) is 92.5 Å². The second-order valence-corrected chi connectivity index (χ2v) is 4.96. The van der Waals surface area contributed by atoms with Crippen LogP contribution in [0.4, 0.5) is 11.4 Å². The highest BCUT2D eigenvalue weighted by Gasteiger charge is 2.15. The van der Waals surface area contributed by atoms with E-state index >= 15 is 0 Å². The van der Waals surface area contributed by atoms with Crippen LogP contribution < -0.4 is 5.32 Å². The molecule has 7 heteroatoms. The molecule has 1 amide bonds. The summed E-state index contributed by atoms with van der Waals surface area (Å²) in [5, 5.41) is 24.6. The van der Waals surface area contributed by atoms with Gasteiger partial charge in [0, 0.05) is 6.07 Å². The molecule has 0 saturated carbocycles. The van der Waals surface area contributed by atoms with Crippen LogP contribution in [-0.2, 0) is 6.42 Å². The minimum absolute atomic E-state index is 0.149. The number of nitrogens with zero attached hydrogens (tertiary/aromatic N) is 1. The summed E-state index contributed by atoms with van der Waals surface area (Å²) in [7, 11) is 0. The van der Waals surface area contributed by atoms with Crippen molar-refractivity contribution in [2.24, 2.45) is 0 Å². The maximum Gasteiger partial charge on any atom is 0.273 e. The van der Waals surface area contributed by atoms with E-state index in [4.69, 9.17) is 0 Å². The van der Waals surface area contributed by atoms with Crippen LogP contribution in [0, 0.1) is 10.1 Å². The summed E-state index contributed by atoms with van der Waals surface area (Å²) >= 11 is 1.31. The normalized spacial score (nSPS) is 10.2. The van der Waals surface area contributed by atoms with E-state index in [-0.39, 0.29) is 23.0 Å². The summed E-state index contributed by atoms with van der Waals surface area (Å²) in [6.07, 6.45) is 0.735. The number of phenols is 1. The van der Waals surface area contributed by atoms with Gasteiger partial charge in [-0.25, -0.2) is 0 Å². The van der Waals surface area contributed by atoms with Crippen molar-refractivity contribution in [2.45, 2.75) is 13.3 Å². The van der Waals surface area contributed by atoms with Gasteiger partial charge in [0.2, 0.25) is 0 Å². The van der Waals surface area contributed by atoms with Gasteiger partial charge < -0.3 is 10.4 Å². The maximum absolute atomic E-state index is 12.1. The molecule has 0 saturated heterocycles. The van der Waals surface area contributed by atoms with Gasteiger partial charge in [0.1, 0.15) is 5.75 Å². The number of nitro benzene ring substituents is 1. The molecule has 0 bridgehead atoms. The molecule has 0 spiro atoms. The molecule has 0 aliphatic carbocycles. The first kappa shape index (κ1) is 14.0. The molecule has 0 atom stereocenters. The Balaban J connectivity index is 2.22. The Morgan fingerprint density at radius 1 is 1.45 bits per heavy atom. The number of benzene rings is 1. The standard InChI is InChI=1S/C13H12N2O4S/c1-2-8-5-6-20-12(8)13(17)14-10-4-3-9(15(18)19)7-11(10)16/h3-7,16H,2H2,1H3,(H,14,17). The first-order valence-electron chi connectivity index (χ1n) is 5.88. The van der Waals surface area contributed by atoms with E-state index in [9.17, 15) is 20.0 Å². The van der Waals surface area contributed by atoms with Gasteiger partial charge in [0.15, 0.2) is 0 Å². The largest absolute Gasteiger partial charge is 0.506 e.